The summed E-state index contributed by atoms with van der Waals surface area (Å²) in [6, 6.07) is 3.30. The van der Waals surface area contributed by atoms with Crippen molar-refractivity contribution in [3.05, 3.63) is 28.3 Å². The molecule has 1 aromatic carbocycles. The van der Waals surface area contributed by atoms with Gasteiger partial charge in [0.2, 0.25) is 11.8 Å². The highest BCUT2D eigenvalue weighted by molar-refractivity contribution is 7.99. The van der Waals surface area contributed by atoms with Crippen molar-refractivity contribution in [2.45, 2.75) is 37.6 Å². The quantitative estimate of drug-likeness (QED) is 0.236. The van der Waals surface area contributed by atoms with E-state index in [2.05, 4.69) is 15.6 Å². The molecule has 1 heterocycles. The Labute approximate surface area is 170 Å². The SMILES string of the molecule is C[C@H](CO)NC(=O)Cn1c(SCC(=O)N[C@@H](C)CO)nc2cc([N+](=O)[O-])ccc21. The van der Waals surface area contributed by atoms with Gasteiger partial charge in [-0.3, -0.25) is 19.7 Å². The van der Waals surface area contributed by atoms with Gasteiger partial charge in [0.1, 0.15) is 6.54 Å². The molecule has 0 fully saturated rings. The largest absolute Gasteiger partial charge is 0.394 e. The third-order valence-electron chi connectivity index (χ3n) is 3.90. The van der Waals surface area contributed by atoms with Crippen LogP contribution in [-0.4, -0.2) is 67.6 Å². The summed E-state index contributed by atoms with van der Waals surface area (Å²) in [6.07, 6.45) is 0. The molecule has 2 amide bonds. The van der Waals surface area contributed by atoms with Gasteiger partial charge in [-0.25, -0.2) is 4.98 Å². The maximum Gasteiger partial charge on any atom is 0.271 e. The summed E-state index contributed by atoms with van der Waals surface area (Å²) in [5.74, 6) is -0.700. The third kappa shape index (κ3) is 6.14. The Hall–Kier alpha value is -2.70. The maximum absolute atomic E-state index is 12.3. The number of amides is 2. The van der Waals surface area contributed by atoms with E-state index in [0.717, 1.165) is 11.8 Å². The number of non-ortho nitro benzene ring substituents is 1. The van der Waals surface area contributed by atoms with Crippen molar-refractivity contribution in [3.63, 3.8) is 0 Å². The van der Waals surface area contributed by atoms with Gasteiger partial charge in [-0.15, -0.1) is 0 Å². The Morgan fingerprint density at radius 2 is 1.83 bits per heavy atom. The second-order valence-corrected chi connectivity index (χ2v) is 7.44. The summed E-state index contributed by atoms with van der Waals surface area (Å²) >= 11 is 1.07. The molecule has 0 bridgehead atoms. The molecule has 29 heavy (non-hydrogen) atoms. The molecule has 0 spiro atoms. The van der Waals surface area contributed by atoms with Crippen LogP contribution in [0, 0.1) is 10.1 Å². The Bertz CT molecular complexity index is 902. The molecule has 0 saturated heterocycles. The molecule has 2 rings (SSSR count). The first-order valence-electron chi connectivity index (χ1n) is 8.83. The Morgan fingerprint density at radius 3 is 2.41 bits per heavy atom. The number of fused-ring (bicyclic) bond motifs is 1. The van der Waals surface area contributed by atoms with Crippen LogP contribution in [0.4, 0.5) is 5.69 Å². The molecule has 11 nitrogen and oxygen atoms in total. The van der Waals surface area contributed by atoms with Gasteiger partial charge in [0, 0.05) is 24.2 Å². The fourth-order valence-electron chi connectivity index (χ4n) is 2.47. The predicted octanol–water partition coefficient (Wildman–Crippen LogP) is 0.0306. The molecule has 158 valence electrons. The van der Waals surface area contributed by atoms with E-state index in [1.807, 2.05) is 0 Å². The van der Waals surface area contributed by atoms with Crippen LogP contribution in [0.15, 0.2) is 23.4 Å². The van der Waals surface area contributed by atoms with Gasteiger partial charge in [-0.2, -0.15) is 0 Å². The van der Waals surface area contributed by atoms with E-state index in [1.165, 1.54) is 18.2 Å². The first kappa shape index (κ1) is 22.6. The fraction of sp³-hybridized carbons (Fsp3) is 0.471. The molecule has 1 aromatic heterocycles. The summed E-state index contributed by atoms with van der Waals surface area (Å²) in [6.45, 7) is 2.77. The number of carbonyl (C=O) groups is 2. The molecule has 0 radical (unpaired) electrons. The first-order valence-corrected chi connectivity index (χ1v) is 9.81. The van der Waals surface area contributed by atoms with Gasteiger partial charge in [-0.05, 0) is 19.9 Å². The Kier molecular flexibility index (Phi) is 7.93. The first-order chi connectivity index (χ1) is 13.7. The lowest BCUT2D eigenvalue weighted by molar-refractivity contribution is -0.384. The van der Waals surface area contributed by atoms with E-state index in [-0.39, 0.29) is 43.0 Å². The lowest BCUT2D eigenvalue weighted by atomic mass is 10.3. The number of hydrogen-bond donors (Lipinski definition) is 4. The highest BCUT2D eigenvalue weighted by Crippen LogP contribution is 2.27. The Balaban J connectivity index is 2.29. The average molecular weight is 425 g/mol. The van der Waals surface area contributed by atoms with Gasteiger partial charge < -0.3 is 25.4 Å². The Morgan fingerprint density at radius 1 is 1.21 bits per heavy atom. The van der Waals surface area contributed by atoms with Gasteiger partial charge in [0.25, 0.3) is 5.69 Å². The number of imidazole rings is 1. The minimum atomic E-state index is -0.537. The number of aliphatic hydroxyl groups excluding tert-OH is 2. The molecule has 4 N–H and O–H groups in total. The van der Waals surface area contributed by atoms with Crippen molar-refractivity contribution < 1.29 is 24.7 Å². The van der Waals surface area contributed by atoms with Crippen LogP contribution in [0.3, 0.4) is 0 Å². The normalized spacial score (nSPS) is 13.1. The zero-order valence-corrected chi connectivity index (χ0v) is 16.8. The van der Waals surface area contributed by atoms with Crippen molar-refractivity contribution in [1.82, 2.24) is 20.2 Å². The van der Waals surface area contributed by atoms with Crippen molar-refractivity contribution in [2.75, 3.05) is 19.0 Å². The van der Waals surface area contributed by atoms with Crippen LogP contribution in [0.1, 0.15) is 13.8 Å². The molecule has 0 aliphatic heterocycles. The number of thioether (sulfide) groups is 1. The number of nitro groups is 1. The topological polar surface area (TPSA) is 160 Å². The number of nitrogens with one attached hydrogen (secondary N) is 2. The summed E-state index contributed by atoms with van der Waals surface area (Å²) < 4.78 is 1.56. The standard InChI is InChI=1S/C17H23N5O6S/c1-10(7-23)18-15(25)6-21-14-4-3-12(22(27)28)5-13(14)20-17(21)29-9-16(26)19-11(2)8-24/h3-5,10-11,23-24H,6-9H2,1-2H3,(H,18,25)(H,19,26)/t10-,11+/m1/s1. The number of rotatable bonds is 10. The van der Waals surface area contributed by atoms with Gasteiger partial charge in [0.15, 0.2) is 5.16 Å². The minimum Gasteiger partial charge on any atom is -0.394 e. The van der Waals surface area contributed by atoms with Crippen molar-refractivity contribution in [1.29, 1.82) is 0 Å². The van der Waals surface area contributed by atoms with Crippen LogP contribution in [0.2, 0.25) is 0 Å². The van der Waals surface area contributed by atoms with Crippen LogP contribution < -0.4 is 10.6 Å². The molecule has 2 atom stereocenters. The van der Waals surface area contributed by atoms with Crippen LogP contribution >= 0.6 is 11.8 Å². The van der Waals surface area contributed by atoms with E-state index in [9.17, 15) is 19.7 Å². The number of carbonyl (C=O) groups excluding carboxylic acids is 2. The minimum absolute atomic E-state index is 0.00951. The highest BCUT2D eigenvalue weighted by Gasteiger charge is 2.19. The van der Waals surface area contributed by atoms with Crippen molar-refractivity contribution in [2.24, 2.45) is 0 Å². The van der Waals surface area contributed by atoms with Crippen molar-refractivity contribution >= 4 is 40.3 Å². The molecule has 0 aliphatic rings. The molecular formula is C17H23N5O6S. The van der Waals surface area contributed by atoms with E-state index in [1.54, 1.807) is 18.4 Å². The maximum atomic E-state index is 12.3. The van der Waals surface area contributed by atoms with Crippen molar-refractivity contribution in [3.8, 4) is 0 Å². The van der Waals surface area contributed by atoms with E-state index >= 15 is 0 Å². The predicted molar refractivity (Wildman–Crippen MR) is 106 cm³/mol. The highest BCUT2D eigenvalue weighted by atomic mass is 32.2. The molecule has 0 saturated carbocycles. The zero-order chi connectivity index (χ0) is 21.6. The van der Waals surface area contributed by atoms with Crippen LogP contribution in [0.25, 0.3) is 11.0 Å². The average Bonchev–Trinajstić information content (AvgIpc) is 3.02. The number of benzene rings is 1. The summed E-state index contributed by atoms with van der Waals surface area (Å²) in [5, 5.41) is 34.7. The lowest BCUT2D eigenvalue weighted by Gasteiger charge is -2.13. The lowest BCUT2D eigenvalue weighted by Crippen LogP contribution is -2.37. The summed E-state index contributed by atoms with van der Waals surface area (Å²) in [4.78, 5) is 39.1. The number of aliphatic hydroxyl groups is 2. The van der Waals surface area contributed by atoms with Crippen LogP contribution in [0.5, 0.6) is 0 Å². The second-order valence-electron chi connectivity index (χ2n) is 6.50. The van der Waals surface area contributed by atoms with Crippen LogP contribution in [-0.2, 0) is 16.1 Å². The van der Waals surface area contributed by atoms with E-state index in [4.69, 9.17) is 10.2 Å². The zero-order valence-electron chi connectivity index (χ0n) is 16.0. The number of hydrogen-bond acceptors (Lipinski definition) is 8. The molecule has 2 aromatic rings. The second kappa shape index (κ2) is 10.2. The fourth-order valence-corrected chi connectivity index (χ4v) is 3.30. The molecule has 0 unspecified atom stereocenters. The monoisotopic (exact) mass is 425 g/mol. The number of aromatic nitrogens is 2. The van der Waals surface area contributed by atoms with E-state index in [0.29, 0.717) is 16.2 Å². The van der Waals surface area contributed by atoms with Gasteiger partial charge in [0.05, 0.1) is 34.9 Å². The summed E-state index contributed by atoms with van der Waals surface area (Å²) in [5.41, 5.74) is 0.703. The third-order valence-corrected chi connectivity index (χ3v) is 4.88. The smallest absolute Gasteiger partial charge is 0.271 e. The van der Waals surface area contributed by atoms with E-state index < -0.39 is 17.0 Å². The number of nitro benzene ring substituents is 1. The van der Waals surface area contributed by atoms with Gasteiger partial charge in [-0.1, -0.05) is 11.8 Å². The molecular weight excluding hydrogens is 402 g/mol. The molecule has 12 heteroatoms. The summed E-state index contributed by atoms with van der Waals surface area (Å²) in [7, 11) is 0. The van der Waals surface area contributed by atoms with Gasteiger partial charge >= 0.3 is 0 Å². The molecule has 0 aliphatic carbocycles. The number of nitrogens with zero attached hydrogens (tertiary/aromatic N) is 3.